The lowest BCUT2D eigenvalue weighted by atomic mass is 10.00. The Morgan fingerprint density at radius 1 is 1.00 bits per heavy atom. The summed E-state index contributed by atoms with van der Waals surface area (Å²) >= 11 is 0. The fraction of sp³-hybridized carbons (Fsp3) is 0.655. The van der Waals surface area contributed by atoms with Crippen LogP contribution in [-0.2, 0) is 14.4 Å². The molecular formula is C29H45N5O5. The van der Waals surface area contributed by atoms with Crippen LogP contribution in [0.1, 0.15) is 64.2 Å². The number of rotatable bonds is 5. The SMILES string of the molecule is CCN1CCN(C(=O)[C@@H]2CCC(=O)N[C@@H](C(C)C)C(=O)N[C@H](CC(C)C)COc3ccccc3C(=O)N2)CC1. The third-order valence-electron chi connectivity index (χ3n) is 7.33. The monoisotopic (exact) mass is 543 g/mol. The first-order valence-electron chi connectivity index (χ1n) is 14.2. The second kappa shape index (κ2) is 14.3. The summed E-state index contributed by atoms with van der Waals surface area (Å²) in [4.78, 5) is 57.2. The van der Waals surface area contributed by atoms with Gasteiger partial charge in [0, 0.05) is 32.6 Å². The molecule has 3 atom stereocenters. The van der Waals surface area contributed by atoms with Crippen LogP contribution in [0.15, 0.2) is 24.3 Å². The molecule has 10 heteroatoms. The number of hydrogen-bond acceptors (Lipinski definition) is 6. The zero-order chi connectivity index (χ0) is 28.5. The number of fused-ring (bicyclic) bond motifs is 1. The minimum absolute atomic E-state index is 0.00428. The summed E-state index contributed by atoms with van der Waals surface area (Å²) in [5.74, 6) is -0.716. The van der Waals surface area contributed by atoms with E-state index in [2.05, 4.69) is 41.6 Å². The van der Waals surface area contributed by atoms with Gasteiger partial charge in [-0.25, -0.2) is 0 Å². The van der Waals surface area contributed by atoms with Crippen LogP contribution in [0.4, 0.5) is 0 Å². The van der Waals surface area contributed by atoms with E-state index in [0.29, 0.717) is 30.8 Å². The molecule has 0 aliphatic carbocycles. The number of benzene rings is 1. The molecule has 2 aliphatic heterocycles. The molecule has 10 nitrogen and oxygen atoms in total. The predicted octanol–water partition coefficient (Wildman–Crippen LogP) is 1.79. The van der Waals surface area contributed by atoms with Crippen LogP contribution in [0.25, 0.3) is 0 Å². The number of amides is 4. The summed E-state index contributed by atoms with van der Waals surface area (Å²) in [6.45, 7) is 13.7. The van der Waals surface area contributed by atoms with Crippen molar-refractivity contribution in [3.63, 3.8) is 0 Å². The van der Waals surface area contributed by atoms with Crippen molar-refractivity contribution in [1.29, 1.82) is 0 Å². The van der Waals surface area contributed by atoms with Crippen molar-refractivity contribution in [2.24, 2.45) is 11.8 Å². The first-order valence-corrected chi connectivity index (χ1v) is 14.2. The second-order valence-electron chi connectivity index (χ2n) is 11.3. The Hall–Kier alpha value is -3.14. The lowest BCUT2D eigenvalue weighted by Gasteiger charge is -2.36. The highest BCUT2D eigenvalue weighted by Gasteiger charge is 2.32. The number of piperazine rings is 1. The highest BCUT2D eigenvalue weighted by Crippen LogP contribution is 2.20. The molecule has 1 aromatic rings. The molecule has 3 rings (SSSR count). The molecule has 1 saturated heterocycles. The van der Waals surface area contributed by atoms with Gasteiger partial charge in [0.2, 0.25) is 17.7 Å². The smallest absolute Gasteiger partial charge is 0.255 e. The molecule has 4 amide bonds. The number of nitrogens with one attached hydrogen (secondary N) is 3. The molecule has 39 heavy (non-hydrogen) atoms. The van der Waals surface area contributed by atoms with Gasteiger partial charge in [0.25, 0.3) is 5.91 Å². The van der Waals surface area contributed by atoms with E-state index in [4.69, 9.17) is 4.74 Å². The van der Waals surface area contributed by atoms with E-state index < -0.39 is 18.0 Å². The van der Waals surface area contributed by atoms with Crippen molar-refractivity contribution < 1.29 is 23.9 Å². The Morgan fingerprint density at radius 2 is 1.69 bits per heavy atom. The van der Waals surface area contributed by atoms with Crippen LogP contribution in [0, 0.1) is 11.8 Å². The van der Waals surface area contributed by atoms with Crippen molar-refractivity contribution in [3.05, 3.63) is 29.8 Å². The summed E-state index contributed by atoms with van der Waals surface area (Å²) in [5, 5.41) is 8.79. The molecule has 0 bridgehead atoms. The zero-order valence-corrected chi connectivity index (χ0v) is 24.0. The minimum atomic E-state index is -0.880. The van der Waals surface area contributed by atoms with Gasteiger partial charge in [0.1, 0.15) is 24.4 Å². The molecule has 0 unspecified atom stereocenters. The van der Waals surface area contributed by atoms with Gasteiger partial charge in [0.05, 0.1) is 11.6 Å². The number of nitrogens with zero attached hydrogens (tertiary/aromatic N) is 2. The molecule has 216 valence electrons. The third-order valence-corrected chi connectivity index (χ3v) is 7.33. The van der Waals surface area contributed by atoms with Gasteiger partial charge in [0.15, 0.2) is 0 Å². The molecule has 0 radical (unpaired) electrons. The van der Waals surface area contributed by atoms with Crippen molar-refractivity contribution in [1.82, 2.24) is 25.8 Å². The number of hydrogen-bond donors (Lipinski definition) is 3. The highest BCUT2D eigenvalue weighted by molar-refractivity contribution is 6.00. The Labute approximate surface area is 232 Å². The molecule has 0 aromatic heterocycles. The van der Waals surface area contributed by atoms with E-state index in [0.717, 1.165) is 19.6 Å². The van der Waals surface area contributed by atoms with E-state index in [9.17, 15) is 19.2 Å². The van der Waals surface area contributed by atoms with Crippen LogP contribution in [0.3, 0.4) is 0 Å². The predicted molar refractivity (Wildman–Crippen MR) is 149 cm³/mol. The number of para-hydroxylation sites is 1. The Morgan fingerprint density at radius 3 is 2.33 bits per heavy atom. The molecular weight excluding hydrogens is 498 g/mol. The third kappa shape index (κ3) is 8.68. The number of carbonyl (C=O) groups excluding carboxylic acids is 4. The summed E-state index contributed by atoms with van der Waals surface area (Å²) in [6.07, 6.45) is 0.784. The maximum atomic E-state index is 13.5. The average Bonchev–Trinajstić information content (AvgIpc) is 2.91. The summed E-state index contributed by atoms with van der Waals surface area (Å²) in [5.41, 5.74) is 0.306. The molecule has 1 fully saturated rings. The zero-order valence-electron chi connectivity index (χ0n) is 24.0. The van der Waals surface area contributed by atoms with Gasteiger partial charge in [-0.2, -0.15) is 0 Å². The lowest BCUT2D eigenvalue weighted by Crippen LogP contribution is -2.55. The van der Waals surface area contributed by atoms with E-state index in [1.54, 1.807) is 29.2 Å². The number of ether oxygens (including phenoxy) is 1. The highest BCUT2D eigenvalue weighted by atomic mass is 16.5. The van der Waals surface area contributed by atoms with Crippen LogP contribution < -0.4 is 20.7 Å². The fourth-order valence-corrected chi connectivity index (χ4v) is 5.05. The molecule has 2 aliphatic rings. The molecule has 3 N–H and O–H groups in total. The van der Waals surface area contributed by atoms with Gasteiger partial charge in [-0.05, 0) is 43.4 Å². The van der Waals surface area contributed by atoms with Gasteiger partial charge in [-0.1, -0.05) is 46.8 Å². The quantitative estimate of drug-likeness (QED) is 0.521. The Kier molecular flexibility index (Phi) is 11.2. The van der Waals surface area contributed by atoms with Gasteiger partial charge in [-0.3, -0.25) is 19.2 Å². The van der Waals surface area contributed by atoms with E-state index in [-0.39, 0.29) is 55.0 Å². The average molecular weight is 544 g/mol. The van der Waals surface area contributed by atoms with Gasteiger partial charge >= 0.3 is 0 Å². The number of likely N-dealkylation sites (N-methyl/N-ethyl adjacent to an activating group) is 1. The number of carbonyl (C=O) groups is 4. The topological polar surface area (TPSA) is 120 Å². The maximum Gasteiger partial charge on any atom is 0.255 e. The maximum absolute atomic E-state index is 13.5. The minimum Gasteiger partial charge on any atom is -0.491 e. The van der Waals surface area contributed by atoms with Crippen molar-refractivity contribution >= 4 is 23.6 Å². The first-order chi connectivity index (χ1) is 18.6. The Balaban J connectivity index is 1.90. The molecule has 2 heterocycles. The van der Waals surface area contributed by atoms with E-state index >= 15 is 0 Å². The van der Waals surface area contributed by atoms with Crippen LogP contribution in [-0.4, -0.2) is 90.9 Å². The van der Waals surface area contributed by atoms with E-state index in [1.165, 1.54) is 0 Å². The summed E-state index contributed by atoms with van der Waals surface area (Å²) in [7, 11) is 0. The standard InChI is InChI=1S/C29H45N5O5/c1-6-33-13-15-34(16-14-33)29(38)23-11-12-25(35)32-26(20(4)5)28(37)30-21(17-19(2)3)18-39-24-10-8-7-9-22(24)27(36)31-23/h7-10,19-21,23,26H,6,11-18H2,1-5H3,(H,30,37)(H,31,36)(H,32,35)/t21-,23+,26+/m1/s1. The largest absolute Gasteiger partial charge is 0.491 e. The van der Waals surface area contributed by atoms with Crippen molar-refractivity contribution in [3.8, 4) is 5.75 Å². The summed E-state index contributed by atoms with van der Waals surface area (Å²) in [6, 6.07) is 4.97. The first kappa shape index (κ1) is 30.4. The van der Waals surface area contributed by atoms with Crippen LogP contribution in [0.2, 0.25) is 0 Å². The molecule has 1 aromatic carbocycles. The lowest BCUT2D eigenvalue weighted by molar-refractivity contribution is -0.135. The normalized spacial score (nSPS) is 24.1. The van der Waals surface area contributed by atoms with Crippen molar-refractivity contribution in [2.45, 2.75) is 72.0 Å². The van der Waals surface area contributed by atoms with Gasteiger partial charge in [-0.15, -0.1) is 0 Å². The van der Waals surface area contributed by atoms with Crippen LogP contribution >= 0.6 is 0 Å². The van der Waals surface area contributed by atoms with Crippen LogP contribution in [0.5, 0.6) is 5.75 Å². The second-order valence-corrected chi connectivity index (χ2v) is 11.3. The Bertz CT molecular complexity index is 1010. The fourth-order valence-electron chi connectivity index (χ4n) is 5.05. The van der Waals surface area contributed by atoms with Gasteiger partial charge < -0.3 is 30.5 Å². The molecule has 0 saturated carbocycles. The summed E-state index contributed by atoms with van der Waals surface area (Å²) < 4.78 is 6.09. The van der Waals surface area contributed by atoms with E-state index in [1.807, 2.05) is 13.8 Å². The van der Waals surface area contributed by atoms with Crippen molar-refractivity contribution in [2.75, 3.05) is 39.3 Å². The molecule has 0 spiro atoms.